The van der Waals surface area contributed by atoms with Crippen molar-refractivity contribution in [3.63, 3.8) is 0 Å². The largest absolute Gasteiger partial charge is 0.436 e. The second kappa shape index (κ2) is 6.89. The molecule has 0 amide bonds. The van der Waals surface area contributed by atoms with Crippen molar-refractivity contribution in [2.24, 2.45) is 0 Å². The normalized spacial score (nSPS) is 11.2. The number of hydrogen-bond donors (Lipinski definition) is 0. The Kier molecular flexibility index (Phi) is 4.29. The van der Waals surface area contributed by atoms with Crippen LogP contribution in [0.5, 0.6) is 0 Å². The number of hydrogen-bond acceptors (Lipinski definition) is 4. The minimum Gasteiger partial charge on any atom is -0.436 e. The highest BCUT2D eigenvalue weighted by atomic mass is 16.3. The first-order chi connectivity index (χ1) is 12.3. The Balaban J connectivity index is 1.67. The van der Waals surface area contributed by atoms with E-state index in [9.17, 15) is 0 Å². The van der Waals surface area contributed by atoms with Gasteiger partial charge in [-0.25, -0.2) is 4.98 Å². The first-order valence-corrected chi connectivity index (χ1v) is 8.70. The first kappa shape index (κ1) is 15.6. The molecule has 0 spiro atoms. The molecule has 126 valence electrons. The Hall–Kier alpha value is -2.95. The summed E-state index contributed by atoms with van der Waals surface area (Å²) in [6, 6.07) is 16.0. The molecule has 0 aliphatic heterocycles. The van der Waals surface area contributed by atoms with Gasteiger partial charge in [-0.1, -0.05) is 38.0 Å². The number of rotatable bonds is 6. The number of nitrogens with zero attached hydrogens (tertiary/aromatic N) is 4. The van der Waals surface area contributed by atoms with E-state index in [1.54, 1.807) is 6.33 Å². The molecule has 5 nitrogen and oxygen atoms in total. The zero-order valence-electron chi connectivity index (χ0n) is 14.2. The molecule has 0 aliphatic rings. The SMILES string of the molecule is CCCCCc1nncn1-c1ccc2nc(-c3ccccc3)oc2c1. The molecule has 5 heteroatoms. The second-order valence-electron chi connectivity index (χ2n) is 6.11. The molecule has 0 bridgehead atoms. The van der Waals surface area contributed by atoms with Crippen LogP contribution in [0.3, 0.4) is 0 Å². The van der Waals surface area contributed by atoms with Crippen LogP contribution in [-0.2, 0) is 6.42 Å². The fourth-order valence-corrected chi connectivity index (χ4v) is 2.95. The Bertz CT molecular complexity index is 972. The van der Waals surface area contributed by atoms with Crippen molar-refractivity contribution in [2.45, 2.75) is 32.6 Å². The lowest BCUT2D eigenvalue weighted by atomic mass is 10.2. The van der Waals surface area contributed by atoms with E-state index < -0.39 is 0 Å². The Morgan fingerprint density at radius 2 is 1.92 bits per heavy atom. The van der Waals surface area contributed by atoms with Crippen LogP contribution in [0.1, 0.15) is 32.0 Å². The van der Waals surface area contributed by atoms with Crippen molar-refractivity contribution in [1.82, 2.24) is 19.7 Å². The summed E-state index contributed by atoms with van der Waals surface area (Å²) in [6.45, 7) is 2.20. The lowest BCUT2D eigenvalue weighted by Gasteiger charge is -2.05. The lowest BCUT2D eigenvalue weighted by Crippen LogP contribution is -2.00. The summed E-state index contributed by atoms with van der Waals surface area (Å²) in [7, 11) is 0. The van der Waals surface area contributed by atoms with Gasteiger partial charge in [0.05, 0.1) is 5.69 Å². The summed E-state index contributed by atoms with van der Waals surface area (Å²) < 4.78 is 7.99. The van der Waals surface area contributed by atoms with E-state index >= 15 is 0 Å². The average molecular weight is 332 g/mol. The van der Waals surface area contributed by atoms with Crippen LogP contribution >= 0.6 is 0 Å². The predicted molar refractivity (Wildman–Crippen MR) is 97.6 cm³/mol. The van der Waals surface area contributed by atoms with Crippen LogP contribution in [0.2, 0.25) is 0 Å². The highest BCUT2D eigenvalue weighted by Crippen LogP contribution is 2.26. The molecule has 0 atom stereocenters. The number of aryl methyl sites for hydroxylation is 1. The van der Waals surface area contributed by atoms with E-state index in [2.05, 4.69) is 22.1 Å². The first-order valence-electron chi connectivity index (χ1n) is 8.70. The molecule has 0 aliphatic carbocycles. The smallest absolute Gasteiger partial charge is 0.227 e. The molecular formula is C20H20N4O. The third kappa shape index (κ3) is 3.18. The fourth-order valence-electron chi connectivity index (χ4n) is 2.95. The Morgan fingerprint density at radius 3 is 2.76 bits per heavy atom. The highest BCUT2D eigenvalue weighted by Gasteiger charge is 2.11. The third-order valence-electron chi connectivity index (χ3n) is 4.29. The molecule has 4 aromatic rings. The minimum absolute atomic E-state index is 0.639. The van der Waals surface area contributed by atoms with Gasteiger partial charge in [0.15, 0.2) is 5.58 Å². The van der Waals surface area contributed by atoms with Crippen molar-refractivity contribution < 1.29 is 4.42 Å². The van der Waals surface area contributed by atoms with Crippen LogP contribution in [-0.4, -0.2) is 19.7 Å². The van der Waals surface area contributed by atoms with Gasteiger partial charge in [-0.05, 0) is 30.7 Å². The number of aromatic nitrogens is 4. The van der Waals surface area contributed by atoms with Gasteiger partial charge in [0.1, 0.15) is 17.7 Å². The molecule has 4 rings (SSSR count). The lowest BCUT2D eigenvalue weighted by molar-refractivity contribution is 0.619. The summed E-state index contributed by atoms with van der Waals surface area (Å²) in [4.78, 5) is 4.58. The molecule has 2 aromatic heterocycles. The summed E-state index contributed by atoms with van der Waals surface area (Å²) in [5.74, 6) is 1.62. The monoisotopic (exact) mass is 332 g/mol. The van der Waals surface area contributed by atoms with E-state index in [4.69, 9.17) is 4.42 Å². The van der Waals surface area contributed by atoms with Gasteiger partial charge in [0.25, 0.3) is 0 Å². The van der Waals surface area contributed by atoms with Gasteiger partial charge in [0, 0.05) is 18.1 Å². The molecule has 2 aromatic carbocycles. The molecule has 0 saturated carbocycles. The number of fused-ring (bicyclic) bond motifs is 1. The summed E-state index contributed by atoms with van der Waals surface area (Å²) >= 11 is 0. The van der Waals surface area contributed by atoms with Crippen LogP contribution in [0.15, 0.2) is 59.3 Å². The number of oxazole rings is 1. The standard InChI is InChI=1S/C20H20N4O/c1-2-3-5-10-19-23-21-14-24(19)16-11-12-17-18(13-16)25-20(22-17)15-8-6-4-7-9-15/h4,6-9,11-14H,2-3,5,10H2,1H3. The summed E-state index contributed by atoms with van der Waals surface area (Å²) in [5, 5.41) is 8.34. The number of benzene rings is 2. The maximum Gasteiger partial charge on any atom is 0.227 e. The zero-order chi connectivity index (χ0) is 17.1. The van der Waals surface area contributed by atoms with Crippen molar-refractivity contribution in [2.75, 3.05) is 0 Å². The molecular weight excluding hydrogens is 312 g/mol. The van der Waals surface area contributed by atoms with Crippen LogP contribution in [0, 0.1) is 0 Å². The molecule has 0 N–H and O–H groups in total. The average Bonchev–Trinajstić information content (AvgIpc) is 3.28. The highest BCUT2D eigenvalue weighted by molar-refractivity contribution is 5.78. The van der Waals surface area contributed by atoms with Gasteiger partial charge in [0.2, 0.25) is 5.89 Å². The Labute approximate surface area is 146 Å². The van der Waals surface area contributed by atoms with Gasteiger partial charge in [-0.2, -0.15) is 0 Å². The van der Waals surface area contributed by atoms with E-state index in [-0.39, 0.29) is 0 Å². The molecule has 0 fully saturated rings. The molecule has 25 heavy (non-hydrogen) atoms. The van der Waals surface area contributed by atoms with Crippen LogP contribution < -0.4 is 0 Å². The zero-order valence-corrected chi connectivity index (χ0v) is 14.2. The molecule has 0 unspecified atom stereocenters. The molecule has 2 heterocycles. The van der Waals surface area contributed by atoms with Crippen molar-refractivity contribution >= 4 is 11.1 Å². The summed E-state index contributed by atoms with van der Waals surface area (Å²) in [6.07, 6.45) is 6.21. The van der Waals surface area contributed by atoms with E-state index in [0.29, 0.717) is 5.89 Å². The van der Waals surface area contributed by atoms with Gasteiger partial charge < -0.3 is 4.42 Å². The van der Waals surface area contributed by atoms with Gasteiger partial charge in [-0.3, -0.25) is 4.57 Å². The molecule has 0 saturated heterocycles. The van der Waals surface area contributed by atoms with Crippen LogP contribution in [0.25, 0.3) is 28.2 Å². The molecule has 0 radical (unpaired) electrons. The number of unbranched alkanes of at least 4 members (excludes halogenated alkanes) is 2. The minimum atomic E-state index is 0.639. The summed E-state index contributed by atoms with van der Waals surface area (Å²) in [5.41, 5.74) is 3.59. The fraction of sp³-hybridized carbons (Fsp3) is 0.250. The van der Waals surface area contributed by atoms with E-state index in [1.807, 2.05) is 53.1 Å². The van der Waals surface area contributed by atoms with Gasteiger partial charge in [-0.15, -0.1) is 10.2 Å². The van der Waals surface area contributed by atoms with Crippen molar-refractivity contribution in [3.05, 3.63) is 60.7 Å². The van der Waals surface area contributed by atoms with Crippen molar-refractivity contribution in [1.29, 1.82) is 0 Å². The van der Waals surface area contributed by atoms with Gasteiger partial charge >= 0.3 is 0 Å². The predicted octanol–water partition coefficient (Wildman–Crippen LogP) is 4.81. The Morgan fingerprint density at radius 1 is 1.04 bits per heavy atom. The van der Waals surface area contributed by atoms with E-state index in [1.165, 1.54) is 12.8 Å². The maximum atomic E-state index is 5.97. The second-order valence-corrected chi connectivity index (χ2v) is 6.11. The van der Waals surface area contributed by atoms with E-state index in [0.717, 1.165) is 41.0 Å². The quantitative estimate of drug-likeness (QED) is 0.476. The van der Waals surface area contributed by atoms with Crippen LogP contribution in [0.4, 0.5) is 0 Å². The maximum absolute atomic E-state index is 5.97. The van der Waals surface area contributed by atoms with Crippen molar-refractivity contribution in [3.8, 4) is 17.1 Å². The topological polar surface area (TPSA) is 56.7 Å². The third-order valence-corrected chi connectivity index (χ3v) is 4.29.